The van der Waals surface area contributed by atoms with Crippen molar-refractivity contribution >= 4 is 17.0 Å². The van der Waals surface area contributed by atoms with Gasteiger partial charge in [-0.25, -0.2) is 0 Å². The SMILES string of the molecule is CN(CCNCc1cccs1)c1ccccc1. The van der Waals surface area contributed by atoms with Crippen LogP contribution >= 0.6 is 11.3 Å². The smallest absolute Gasteiger partial charge is 0.0364 e. The number of nitrogens with one attached hydrogen (secondary N) is 1. The van der Waals surface area contributed by atoms with Gasteiger partial charge in [0.15, 0.2) is 0 Å². The highest BCUT2D eigenvalue weighted by molar-refractivity contribution is 7.09. The van der Waals surface area contributed by atoms with Gasteiger partial charge in [-0.3, -0.25) is 0 Å². The molecule has 2 rings (SSSR count). The second kappa shape index (κ2) is 6.42. The second-order valence-electron chi connectivity index (χ2n) is 4.01. The van der Waals surface area contributed by atoms with Crippen LogP contribution in [-0.4, -0.2) is 20.1 Å². The number of anilines is 1. The summed E-state index contributed by atoms with van der Waals surface area (Å²) in [5.74, 6) is 0. The van der Waals surface area contributed by atoms with Crippen molar-refractivity contribution in [3.8, 4) is 0 Å². The third kappa shape index (κ3) is 3.88. The van der Waals surface area contributed by atoms with Crippen molar-refractivity contribution in [3.63, 3.8) is 0 Å². The summed E-state index contributed by atoms with van der Waals surface area (Å²) in [6.45, 7) is 3.00. The van der Waals surface area contributed by atoms with Gasteiger partial charge in [-0.15, -0.1) is 11.3 Å². The molecule has 1 heterocycles. The summed E-state index contributed by atoms with van der Waals surface area (Å²) in [5.41, 5.74) is 1.27. The fourth-order valence-corrected chi connectivity index (χ4v) is 2.36. The maximum absolute atomic E-state index is 3.46. The minimum atomic E-state index is 0.973. The summed E-state index contributed by atoms with van der Waals surface area (Å²) in [6, 6.07) is 14.7. The number of nitrogens with zero attached hydrogens (tertiary/aromatic N) is 1. The van der Waals surface area contributed by atoms with E-state index in [-0.39, 0.29) is 0 Å². The third-order valence-electron chi connectivity index (χ3n) is 2.70. The lowest BCUT2D eigenvalue weighted by Crippen LogP contribution is -2.28. The van der Waals surface area contributed by atoms with Gasteiger partial charge in [0.05, 0.1) is 0 Å². The predicted octanol–water partition coefficient (Wildman–Crippen LogP) is 2.97. The Morgan fingerprint density at radius 3 is 2.65 bits per heavy atom. The van der Waals surface area contributed by atoms with Crippen LogP contribution in [-0.2, 0) is 6.54 Å². The molecule has 0 fully saturated rings. The van der Waals surface area contributed by atoms with E-state index in [0.717, 1.165) is 19.6 Å². The van der Waals surface area contributed by atoms with Crippen LogP contribution in [0.5, 0.6) is 0 Å². The highest BCUT2D eigenvalue weighted by atomic mass is 32.1. The standard InChI is InChI=1S/C14H18N2S/c1-16(13-6-3-2-4-7-13)10-9-15-12-14-8-5-11-17-14/h2-8,11,15H,9-10,12H2,1H3. The Kier molecular flexibility index (Phi) is 4.59. The molecule has 90 valence electrons. The molecule has 2 aromatic rings. The lowest BCUT2D eigenvalue weighted by atomic mass is 10.3. The molecular weight excluding hydrogens is 228 g/mol. The van der Waals surface area contributed by atoms with Gasteiger partial charge in [-0.1, -0.05) is 24.3 Å². The van der Waals surface area contributed by atoms with E-state index in [1.165, 1.54) is 10.6 Å². The van der Waals surface area contributed by atoms with E-state index in [0.29, 0.717) is 0 Å². The molecule has 17 heavy (non-hydrogen) atoms. The van der Waals surface area contributed by atoms with Crippen molar-refractivity contribution in [2.45, 2.75) is 6.54 Å². The van der Waals surface area contributed by atoms with Crippen molar-refractivity contribution in [2.24, 2.45) is 0 Å². The molecule has 1 aromatic carbocycles. The molecule has 0 aliphatic rings. The normalized spacial score (nSPS) is 10.4. The van der Waals surface area contributed by atoms with Crippen LogP contribution in [0.25, 0.3) is 0 Å². The van der Waals surface area contributed by atoms with E-state index in [9.17, 15) is 0 Å². The third-order valence-corrected chi connectivity index (χ3v) is 3.58. The minimum Gasteiger partial charge on any atom is -0.373 e. The van der Waals surface area contributed by atoms with E-state index >= 15 is 0 Å². The molecule has 0 spiro atoms. The average Bonchev–Trinajstić information content (AvgIpc) is 2.88. The first kappa shape index (κ1) is 12.1. The molecule has 0 amide bonds. The Balaban J connectivity index is 1.68. The predicted molar refractivity (Wildman–Crippen MR) is 75.7 cm³/mol. The number of likely N-dealkylation sites (N-methyl/N-ethyl adjacent to an activating group) is 1. The minimum absolute atomic E-state index is 0.973. The number of hydrogen-bond acceptors (Lipinski definition) is 3. The highest BCUT2D eigenvalue weighted by Crippen LogP contribution is 2.10. The summed E-state index contributed by atoms with van der Waals surface area (Å²) in [7, 11) is 2.13. The molecule has 2 nitrogen and oxygen atoms in total. The first-order valence-corrected chi connectivity index (χ1v) is 6.73. The molecule has 1 N–H and O–H groups in total. The lowest BCUT2D eigenvalue weighted by molar-refractivity contribution is 0.685. The molecule has 0 saturated carbocycles. The summed E-state index contributed by atoms with van der Waals surface area (Å²) in [6.07, 6.45) is 0. The first-order chi connectivity index (χ1) is 8.36. The van der Waals surface area contributed by atoms with Crippen molar-refractivity contribution in [1.82, 2.24) is 5.32 Å². The Labute approximate surface area is 107 Å². The maximum Gasteiger partial charge on any atom is 0.0364 e. The Morgan fingerprint density at radius 2 is 1.94 bits per heavy atom. The molecule has 0 aliphatic carbocycles. The lowest BCUT2D eigenvalue weighted by Gasteiger charge is -2.19. The molecule has 0 unspecified atom stereocenters. The molecule has 0 aliphatic heterocycles. The zero-order valence-corrected chi connectivity index (χ0v) is 10.9. The maximum atomic E-state index is 3.46. The summed E-state index contributed by atoms with van der Waals surface area (Å²) in [5, 5.41) is 5.58. The van der Waals surface area contributed by atoms with Crippen LogP contribution < -0.4 is 10.2 Å². The fraction of sp³-hybridized carbons (Fsp3) is 0.286. The molecule has 1 aromatic heterocycles. The molecular formula is C14H18N2S. The molecule has 0 radical (unpaired) electrons. The number of hydrogen-bond donors (Lipinski definition) is 1. The number of thiophene rings is 1. The van der Waals surface area contributed by atoms with Crippen molar-refractivity contribution in [1.29, 1.82) is 0 Å². The zero-order valence-electron chi connectivity index (χ0n) is 10.1. The molecule has 0 bridgehead atoms. The van der Waals surface area contributed by atoms with E-state index in [1.807, 2.05) is 6.07 Å². The van der Waals surface area contributed by atoms with Crippen LogP contribution in [0.1, 0.15) is 4.88 Å². The molecule has 3 heteroatoms. The van der Waals surface area contributed by atoms with Gasteiger partial charge < -0.3 is 10.2 Å². The van der Waals surface area contributed by atoms with Gasteiger partial charge in [0.25, 0.3) is 0 Å². The van der Waals surface area contributed by atoms with Crippen molar-refractivity contribution < 1.29 is 0 Å². The Bertz CT molecular complexity index is 411. The average molecular weight is 246 g/mol. The second-order valence-corrected chi connectivity index (χ2v) is 5.05. The van der Waals surface area contributed by atoms with Crippen molar-refractivity contribution in [3.05, 3.63) is 52.7 Å². The van der Waals surface area contributed by atoms with Crippen LogP contribution in [0.4, 0.5) is 5.69 Å². The van der Waals surface area contributed by atoms with Crippen LogP contribution in [0.2, 0.25) is 0 Å². The quantitative estimate of drug-likeness (QED) is 0.788. The van der Waals surface area contributed by atoms with E-state index in [2.05, 4.69) is 59.0 Å². The summed E-state index contributed by atoms with van der Waals surface area (Å²) in [4.78, 5) is 3.66. The summed E-state index contributed by atoms with van der Waals surface area (Å²) < 4.78 is 0. The van der Waals surface area contributed by atoms with Gasteiger partial charge in [0.2, 0.25) is 0 Å². The monoisotopic (exact) mass is 246 g/mol. The number of benzene rings is 1. The van der Waals surface area contributed by atoms with E-state index in [1.54, 1.807) is 11.3 Å². The van der Waals surface area contributed by atoms with E-state index < -0.39 is 0 Å². The molecule has 0 atom stereocenters. The van der Waals surface area contributed by atoms with Crippen molar-refractivity contribution in [2.75, 3.05) is 25.0 Å². The van der Waals surface area contributed by atoms with Crippen LogP contribution in [0, 0.1) is 0 Å². The van der Waals surface area contributed by atoms with Gasteiger partial charge >= 0.3 is 0 Å². The van der Waals surface area contributed by atoms with Crippen LogP contribution in [0.15, 0.2) is 47.8 Å². The van der Waals surface area contributed by atoms with E-state index in [4.69, 9.17) is 0 Å². The van der Waals surface area contributed by atoms with Gasteiger partial charge in [-0.05, 0) is 23.6 Å². The number of para-hydroxylation sites is 1. The van der Waals surface area contributed by atoms with Gasteiger partial charge in [-0.2, -0.15) is 0 Å². The topological polar surface area (TPSA) is 15.3 Å². The van der Waals surface area contributed by atoms with Gasteiger partial charge in [0, 0.05) is 37.2 Å². The highest BCUT2D eigenvalue weighted by Gasteiger charge is 1.99. The fourth-order valence-electron chi connectivity index (χ4n) is 1.68. The first-order valence-electron chi connectivity index (χ1n) is 5.85. The molecule has 0 saturated heterocycles. The number of rotatable bonds is 6. The summed E-state index contributed by atoms with van der Waals surface area (Å²) >= 11 is 1.80. The van der Waals surface area contributed by atoms with Gasteiger partial charge in [0.1, 0.15) is 0 Å². The zero-order chi connectivity index (χ0) is 11.9. The Morgan fingerprint density at radius 1 is 1.12 bits per heavy atom. The largest absolute Gasteiger partial charge is 0.373 e. The Hall–Kier alpha value is -1.32. The van der Waals surface area contributed by atoms with Crippen LogP contribution in [0.3, 0.4) is 0 Å².